The molecule has 2 N–H and O–H groups in total. The molecule has 0 spiro atoms. The van der Waals surface area contributed by atoms with Crippen molar-refractivity contribution in [2.45, 2.75) is 176 Å². The first kappa shape index (κ1) is 47.5. The van der Waals surface area contributed by atoms with Gasteiger partial charge < -0.3 is 26.8 Å². The molecule has 0 aliphatic carbocycles. The number of ether oxygens (including phenoxy) is 1. The van der Waals surface area contributed by atoms with Crippen LogP contribution in [0.1, 0.15) is 169 Å². The van der Waals surface area contributed by atoms with Crippen LogP contribution >= 0.6 is 0 Å². The van der Waals surface area contributed by atoms with Crippen molar-refractivity contribution in [1.29, 1.82) is 0 Å². The van der Waals surface area contributed by atoms with Gasteiger partial charge in [-0.2, -0.15) is 6.42 Å². The van der Waals surface area contributed by atoms with Crippen LogP contribution in [-0.4, -0.2) is 61.2 Å². The number of rotatable bonds is 27. The van der Waals surface area contributed by atoms with E-state index in [0.717, 1.165) is 51.0 Å². The van der Waals surface area contributed by atoms with E-state index in [0.29, 0.717) is 6.61 Å². The number of hydrogen-bond donors (Lipinski definition) is 2. The van der Waals surface area contributed by atoms with Crippen molar-refractivity contribution in [3.05, 3.63) is 6.92 Å². The molecule has 5 heteroatoms. The van der Waals surface area contributed by atoms with Crippen molar-refractivity contribution in [2.75, 3.05) is 40.0 Å². The van der Waals surface area contributed by atoms with Gasteiger partial charge in [-0.15, -0.1) is 0 Å². The van der Waals surface area contributed by atoms with Crippen LogP contribution in [0.3, 0.4) is 0 Å². The van der Waals surface area contributed by atoms with Gasteiger partial charge in [-0.1, -0.05) is 118 Å². The molecule has 0 rings (SSSR count). The Morgan fingerprint density at radius 3 is 1.45 bits per heavy atom. The minimum absolute atomic E-state index is 0. The Kier molecular flexibility index (Phi) is 52.2. The van der Waals surface area contributed by atoms with E-state index in [1.54, 1.807) is 7.11 Å². The largest absolute Gasteiger partial charge is 0.396 e. The van der Waals surface area contributed by atoms with E-state index in [-0.39, 0.29) is 27.2 Å². The van der Waals surface area contributed by atoms with E-state index in [1.165, 1.54) is 116 Å². The third kappa shape index (κ3) is 48.3. The predicted molar refractivity (Wildman–Crippen MR) is 176 cm³/mol. The first-order valence-corrected chi connectivity index (χ1v) is 17.2. The third-order valence-electron chi connectivity index (χ3n) is 7.36. The fourth-order valence-electron chi connectivity index (χ4n) is 4.11. The monoisotopic (exact) mass is 743 g/mol. The SMILES string of the molecule is CCC(C)C.CCCCC(O)CC.[CH2-]CCCCCCCCN(CCCCO)CCCCCCCCCOC.[W]. The molecule has 0 amide bonds. The zero-order chi connectivity index (χ0) is 29.8. The summed E-state index contributed by atoms with van der Waals surface area (Å²) in [6.07, 6.45) is 26.1. The summed E-state index contributed by atoms with van der Waals surface area (Å²) in [5.41, 5.74) is 0. The maximum absolute atomic E-state index is 9.02. The predicted octanol–water partition coefficient (Wildman–Crippen LogP) is 10.0. The molecular weight excluding hydrogens is 666 g/mol. The third-order valence-corrected chi connectivity index (χ3v) is 7.36. The van der Waals surface area contributed by atoms with Gasteiger partial charge in [0.2, 0.25) is 0 Å². The second-order valence-corrected chi connectivity index (χ2v) is 11.7. The molecule has 0 aliphatic heterocycles. The molecular formula is C35H76NO3W-. The van der Waals surface area contributed by atoms with Crippen molar-refractivity contribution < 1.29 is 36.0 Å². The minimum Gasteiger partial charge on any atom is -0.396 e. The van der Waals surface area contributed by atoms with E-state index in [1.807, 2.05) is 6.92 Å². The summed E-state index contributed by atoms with van der Waals surface area (Å²) in [5.74, 6) is 0.884. The van der Waals surface area contributed by atoms with Crippen LogP contribution in [0.2, 0.25) is 0 Å². The fourth-order valence-corrected chi connectivity index (χ4v) is 4.11. The van der Waals surface area contributed by atoms with E-state index in [2.05, 4.69) is 39.5 Å². The average Bonchev–Trinajstić information content (AvgIpc) is 2.94. The van der Waals surface area contributed by atoms with Gasteiger partial charge in [0.1, 0.15) is 0 Å². The Bertz CT molecular complexity index is 399. The summed E-state index contributed by atoms with van der Waals surface area (Å²) in [6, 6.07) is 0. The Balaban J connectivity index is -0.000000381. The summed E-state index contributed by atoms with van der Waals surface area (Å²) < 4.78 is 5.09. The summed E-state index contributed by atoms with van der Waals surface area (Å²) in [6.45, 7) is 19.6. The van der Waals surface area contributed by atoms with Crippen molar-refractivity contribution in [3.8, 4) is 0 Å². The number of nitrogens with zero attached hydrogens (tertiary/aromatic N) is 1. The van der Waals surface area contributed by atoms with Gasteiger partial charge in [0.05, 0.1) is 6.10 Å². The molecule has 0 saturated heterocycles. The van der Waals surface area contributed by atoms with E-state index in [4.69, 9.17) is 14.9 Å². The number of methoxy groups -OCH3 is 1. The van der Waals surface area contributed by atoms with Gasteiger partial charge in [-0.05, 0) is 70.5 Å². The minimum atomic E-state index is -0.0463. The number of aliphatic hydroxyl groups excluding tert-OH is 2. The Labute approximate surface area is 268 Å². The van der Waals surface area contributed by atoms with Crippen molar-refractivity contribution in [1.82, 2.24) is 4.90 Å². The van der Waals surface area contributed by atoms with Crippen LogP contribution < -0.4 is 0 Å². The number of aliphatic hydroxyl groups is 2. The molecule has 0 aromatic carbocycles. The Hall–Kier alpha value is 0.528. The topological polar surface area (TPSA) is 52.9 Å². The molecule has 40 heavy (non-hydrogen) atoms. The van der Waals surface area contributed by atoms with Gasteiger partial charge in [-0.25, -0.2) is 0 Å². The molecule has 4 nitrogen and oxygen atoms in total. The van der Waals surface area contributed by atoms with E-state index < -0.39 is 0 Å². The molecule has 0 saturated carbocycles. The Morgan fingerprint density at radius 1 is 0.650 bits per heavy atom. The maximum Gasteiger partial charge on any atom is 0.0537 e. The molecule has 0 radical (unpaired) electrons. The average molecular weight is 743 g/mol. The van der Waals surface area contributed by atoms with Crippen molar-refractivity contribution in [2.24, 2.45) is 5.92 Å². The molecule has 0 aromatic rings. The quantitative estimate of drug-likeness (QED) is 0.0650. The summed E-state index contributed by atoms with van der Waals surface area (Å²) >= 11 is 0. The van der Waals surface area contributed by atoms with Gasteiger partial charge >= 0.3 is 0 Å². The molecule has 0 bridgehead atoms. The van der Waals surface area contributed by atoms with Crippen LogP contribution in [0.4, 0.5) is 0 Å². The first-order chi connectivity index (χ1) is 18.9. The summed E-state index contributed by atoms with van der Waals surface area (Å²) in [7, 11) is 1.79. The van der Waals surface area contributed by atoms with Gasteiger partial charge in [0, 0.05) is 41.4 Å². The van der Waals surface area contributed by atoms with Crippen LogP contribution in [-0.2, 0) is 25.8 Å². The molecule has 246 valence electrons. The standard InChI is InChI=1S/C23H48NO2.C7H16O.C5H12.W/c1-3-4-5-6-8-11-14-19-24(21-16-17-22-25)20-15-12-9-7-10-13-18-23-26-2;1-3-5-6-7(8)4-2;1-4-5(2)3;/h25H,1,3-23H2,2H3;7-8H,3-6H2,1-2H3;5H,4H2,1-3H3;/q-1;;;. The molecule has 0 fully saturated rings. The molecule has 0 heterocycles. The summed E-state index contributed by atoms with van der Waals surface area (Å²) in [5, 5.41) is 18.0. The number of hydrogen-bond acceptors (Lipinski definition) is 4. The first-order valence-electron chi connectivity index (χ1n) is 17.2. The maximum atomic E-state index is 9.02. The molecule has 1 atom stereocenters. The van der Waals surface area contributed by atoms with E-state index >= 15 is 0 Å². The Morgan fingerprint density at radius 2 is 1.07 bits per heavy atom. The van der Waals surface area contributed by atoms with E-state index in [9.17, 15) is 0 Å². The van der Waals surface area contributed by atoms with Crippen LogP contribution in [0.25, 0.3) is 0 Å². The van der Waals surface area contributed by atoms with Gasteiger partial charge in [-0.3, -0.25) is 0 Å². The second kappa shape index (κ2) is 44.0. The smallest absolute Gasteiger partial charge is 0.0537 e. The second-order valence-electron chi connectivity index (χ2n) is 11.7. The summed E-state index contributed by atoms with van der Waals surface area (Å²) in [4.78, 5) is 2.64. The van der Waals surface area contributed by atoms with Gasteiger partial charge in [0.15, 0.2) is 0 Å². The zero-order valence-electron chi connectivity index (χ0n) is 28.4. The van der Waals surface area contributed by atoms with Crippen molar-refractivity contribution >= 4 is 0 Å². The molecule has 0 aromatic heterocycles. The molecule has 0 aliphatic rings. The van der Waals surface area contributed by atoms with Crippen LogP contribution in [0.5, 0.6) is 0 Å². The van der Waals surface area contributed by atoms with Gasteiger partial charge in [0.25, 0.3) is 0 Å². The fraction of sp³-hybridized carbons (Fsp3) is 0.971. The van der Waals surface area contributed by atoms with Crippen LogP contribution in [0.15, 0.2) is 0 Å². The van der Waals surface area contributed by atoms with Crippen LogP contribution in [0, 0.1) is 12.8 Å². The number of unbranched alkanes of at least 4 members (excludes halogenated alkanes) is 14. The normalized spacial score (nSPS) is 11.5. The zero-order valence-corrected chi connectivity index (χ0v) is 31.3. The van der Waals surface area contributed by atoms with Crippen molar-refractivity contribution in [3.63, 3.8) is 0 Å². The molecule has 1 unspecified atom stereocenters.